The van der Waals surface area contributed by atoms with Gasteiger partial charge in [0.2, 0.25) is 0 Å². The van der Waals surface area contributed by atoms with Gasteiger partial charge in [-0.1, -0.05) is 17.7 Å². The summed E-state index contributed by atoms with van der Waals surface area (Å²) in [4.78, 5) is 6.31. The fourth-order valence-corrected chi connectivity index (χ4v) is 2.80. The van der Waals surface area contributed by atoms with Crippen LogP contribution in [0.25, 0.3) is 0 Å². The maximum absolute atomic E-state index is 12.2. The molecule has 4 nitrogen and oxygen atoms in total. The summed E-state index contributed by atoms with van der Waals surface area (Å²) in [6, 6.07) is 8.55. The van der Waals surface area contributed by atoms with Crippen LogP contribution in [0, 0.1) is 6.92 Å². The number of halogens is 3. The van der Waals surface area contributed by atoms with Crippen LogP contribution in [-0.2, 0) is 0 Å². The second-order valence-corrected chi connectivity index (χ2v) is 6.13. The third-order valence-corrected chi connectivity index (χ3v) is 4.09. The lowest BCUT2D eigenvalue weighted by Gasteiger charge is -2.35. The van der Waals surface area contributed by atoms with E-state index in [0.29, 0.717) is 5.96 Å². The van der Waals surface area contributed by atoms with Gasteiger partial charge in [-0.15, -0.1) is 0 Å². The summed E-state index contributed by atoms with van der Waals surface area (Å²) in [7, 11) is 1.57. The number of guanidine groups is 1. The third kappa shape index (κ3) is 5.94. The number of aliphatic imine (C=N–C) groups is 1. The average Bonchev–Trinajstić information content (AvgIpc) is 2.54. The first-order valence-electron chi connectivity index (χ1n) is 8.23. The van der Waals surface area contributed by atoms with Crippen LogP contribution in [0.1, 0.15) is 24.8 Å². The van der Waals surface area contributed by atoms with Gasteiger partial charge in [0.05, 0.1) is 6.42 Å². The molecule has 1 aliphatic rings. The van der Waals surface area contributed by atoms with Gasteiger partial charge in [-0.2, -0.15) is 13.2 Å². The van der Waals surface area contributed by atoms with Gasteiger partial charge in [0, 0.05) is 38.4 Å². The van der Waals surface area contributed by atoms with E-state index in [1.807, 2.05) is 0 Å². The Kier molecular flexibility index (Phi) is 6.34. The van der Waals surface area contributed by atoms with Crippen LogP contribution in [-0.4, -0.2) is 44.9 Å². The molecule has 0 aliphatic carbocycles. The number of alkyl halides is 3. The second-order valence-electron chi connectivity index (χ2n) is 6.13. The number of nitrogens with one attached hydrogen (secondary N) is 2. The van der Waals surface area contributed by atoms with E-state index in [9.17, 15) is 13.2 Å². The van der Waals surface area contributed by atoms with Crippen LogP contribution >= 0.6 is 0 Å². The van der Waals surface area contributed by atoms with Crippen LogP contribution < -0.4 is 15.5 Å². The highest BCUT2D eigenvalue weighted by atomic mass is 19.4. The first-order valence-corrected chi connectivity index (χ1v) is 8.23. The van der Waals surface area contributed by atoms with Crippen molar-refractivity contribution < 1.29 is 13.2 Å². The monoisotopic (exact) mass is 342 g/mol. The Labute approximate surface area is 141 Å². The summed E-state index contributed by atoms with van der Waals surface area (Å²) in [5.41, 5.74) is 2.40. The Morgan fingerprint density at radius 1 is 1.29 bits per heavy atom. The number of piperidine rings is 1. The van der Waals surface area contributed by atoms with E-state index in [1.54, 1.807) is 7.05 Å². The molecular weight excluding hydrogens is 317 g/mol. The van der Waals surface area contributed by atoms with Crippen molar-refractivity contribution >= 4 is 11.6 Å². The number of aryl methyl sites for hydroxylation is 1. The molecule has 1 saturated heterocycles. The van der Waals surface area contributed by atoms with Crippen molar-refractivity contribution in [2.24, 2.45) is 4.99 Å². The largest absolute Gasteiger partial charge is 0.390 e. The Morgan fingerprint density at radius 3 is 2.62 bits per heavy atom. The maximum Gasteiger partial charge on any atom is 0.390 e. The number of rotatable bonds is 4. The van der Waals surface area contributed by atoms with Gasteiger partial charge in [0.15, 0.2) is 5.96 Å². The SMILES string of the molecule is CN=C(NCCC(F)(F)F)NC1CCCN(c2ccc(C)cc2)C1. The molecule has 0 spiro atoms. The number of benzene rings is 1. The molecule has 2 N–H and O–H groups in total. The molecular formula is C17H25F3N4. The maximum atomic E-state index is 12.2. The molecule has 1 atom stereocenters. The van der Waals surface area contributed by atoms with Gasteiger partial charge in [0.1, 0.15) is 0 Å². The minimum Gasteiger partial charge on any atom is -0.369 e. The Hall–Kier alpha value is -1.92. The predicted octanol–water partition coefficient (Wildman–Crippen LogP) is 3.08. The summed E-state index contributed by atoms with van der Waals surface area (Å²) < 4.78 is 36.7. The molecule has 134 valence electrons. The molecule has 1 aromatic carbocycles. The van der Waals surface area contributed by atoms with Gasteiger partial charge < -0.3 is 15.5 Å². The Bertz CT molecular complexity index is 540. The van der Waals surface area contributed by atoms with Crippen LogP contribution in [0.4, 0.5) is 18.9 Å². The van der Waals surface area contributed by atoms with Gasteiger partial charge in [0.25, 0.3) is 0 Å². The molecule has 1 fully saturated rings. The number of hydrogen-bond donors (Lipinski definition) is 2. The molecule has 0 aromatic heterocycles. The average molecular weight is 342 g/mol. The van der Waals surface area contributed by atoms with E-state index in [1.165, 1.54) is 11.3 Å². The first kappa shape index (κ1) is 18.4. The minimum absolute atomic E-state index is 0.164. The fraction of sp³-hybridized carbons (Fsp3) is 0.588. The van der Waals surface area contributed by atoms with E-state index < -0.39 is 12.6 Å². The van der Waals surface area contributed by atoms with Gasteiger partial charge in [-0.3, -0.25) is 4.99 Å². The molecule has 0 bridgehead atoms. The number of anilines is 1. The van der Waals surface area contributed by atoms with E-state index in [4.69, 9.17) is 0 Å². The lowest BCUT2D eigenvalue weighted by Crippen LogP contribution is -2.51. The van der Waals surface area contributed by atoms with Gasteiger partial charge >= 0.3 is 6.18 Å². The number of hydrogen-bond acceptors (Lipinski definition) is 2. The molecule has 1 aromatic rings. The zero-order valence-electron chi connectivity index (χ0n) is 14.2. The molecule has 1 aliphatic heterocycles. The molecule has 7 heteroatoms. The van der Waals surface area contributed by atoms with Crippen LogP contribution in [0.15, 0.2) is 29.3 Å². The molecule has 1 unspecified atom stereocenters. The first-order chi connectivity index (χ1) is 11.4. The molecule has 0 saturated carbocycles. The highest BCUT2D eigenvalue weighted by Crippen LogP contribution is 2.20. The van der Waals surface area contributed by atoms with Crippen LogP contribution in [0.3, 0.4) is 0 Å². The van der Waals surface area contributed by atoms with Crippen molar-refractivity contribution in [1.29, 1.82) is 0 Å². The van der Waals surface area contributed by atoms with Crippen LogP contribution in [0.5, 0.6) is 0 Å². The van der Waals surface area contributed by atoms with Crippen molar-refractivity contribution in [3.63, 3.8) is 0 Å². The quantitative estimate of drug-likeness (QED) is 0.652. The number of nitrogens with zero attached hydrogens (tertiary/aromatic N) is 2. The van der Waals surface area contributed by atoms with E-state index in [-0.39, 0.29) is 12.6 Å². The Balaban J connectivity index is 1.86. The van der Waals surface area contributed by atoms with Crippen molar-refractivity contribution in [3.8, 4) is 0 Å². The lowest BCUT2D eigenvalue weighted by atomic mass is 10.0. The predicted molar refractivity (Wildman–Crippen MR) is 91.6 cm³/mol. The second kappa shape index (κ2) is 8.26. The van der Waals surface area contributed by atoms with Crippen molar-refractivity contribution in [3.05, 3.63) is 29.8 Å². The molecule has 0 amide bonds. The topological polar surface area (TPSA) is 39.7 Å². The van der Waals surface area contributed by atoms with Gasteiger partial charge in [-0.05, 0) is 31.9 Å². The standard InChI is InChI=1S/C17H25F3N4/c1-13-5-7-15(8-6-13)24-11-3-4-14(12-24)23-16(21-2)22-10-9-17(18,19)20/h5-8,14H,3-4,9-12H2,1-2H3,(H2,21,22,23). The van der Waals surface area contributed by atoms with Crippen LogP contribution in [0.2, 0.25) is 0 Å². The third-order valence-electron chi connectivity index (χ3n) is 4.09. The molecule has 0 radical (unpaired) electrons. The van der Waals surface area contributed by atoms with Gasteiger partial charge in [-0.25, -0.2) is 0 Å². The summed E-state index contributed by atoms with van der Waals surface area (Å²) in [6.07, 6.45) is -3.01. The van der Waals surface area contributed by atoms with E-state index in [2.05, 4.69) is 51.7 Å². The highest BCUT2D eigenvalue weighted by molar-refractivity contribution is 5.80. The lowest BCUT2D eigenvalue weighted by molar-refractivity contribution is -0.132. The molecule has 1 heterocycles. The summed E-state index contributed by atoms with van der Waals surface area (Å²) in [6.45, 7) is 3.68. The Morgan fingerprint density at radius 2 is 2.00 bits per heavy atom. The fourth-order valence-electron chi connectivity index (χ4n) is 2.80. The van der Waals surface area contributed by atoms with E-state index in [0.717, 1.165) is 25.9 Å². The smallest absolute Gasteiger partial charge is 0.369 e. The van der Waals surface area contributed by atoms with Crippen molar-refractivity contribution in [2.75, 3.05) is 31.6 Å². The highest BCUT2D eigenvalue weighted by Gasteiger charge is 2.26. The normalized spacial score (nSPS) is 19.3. The molecule has 2 rings (SSSR count). The zero-order chi connectivity index (χ0) is 17.6. The van der Waals surface area contributed by atoms with E-state index >= 15 is 0 Å². The van der Waals surface area contributed by atoms with Crippen molar-refractivity contribution in [2.45, 2.75) is 38.4 Å². The summed E-state index contributed by atoms with van der Waals surface area (Å²) in [5.74, 6) is 0.426. The minimum atomic E-state index is -4.15. The van der Waals surface area contributed by atoms with Crippen molar-refractivity contribution in [1.82, 2.24) is 10.6 Å². The summed E-state index contributed by atoms with van der Waals surface area (Å²) in [5, 5.41) is 5.97. The summed E-state index contributed by atoms with van der Waals surface area (Å²) >= 11 is 0. The molecule has 24 heavy (non-hydrogen) atoms. The zero-order valence-corrected chi connectivity index (χ0v) is 14.2.